The topological polar surface area (TPSA) is 0 Å². The summed E-state index contributed by atoms with van der Waals surface area (Å²) in [4.78, 5) is -1.07. The van der Waals surface area contributed by atoms with Crippen molar-refractivity contribution in [1.82, 2.24) is 0 Å². The lowest BCUT2D eigenvalue weighted by molar-refractivity contribution is -0.0852. The van der Waals surface area contributed by atoms with Crippen molar-refractivity contribution in [2.24, 2.45) is 0 Å². The molecule has 0 aliphatic carbocycles. The van der Waals surface area contributed by atoms with E-state index in [9.17, 15) is 17.6 Å². The van der Waals surface area contributed by atoms with Crippen molar-refractivity contribution >= 4 is 33.3 Å². The van der Waals surface area contributed by atoms with Crippen molar-refractivity contribution in [2.75, 3.05) is 5.75 Å². The maximum Gasteiger partial charge on any atom is 0.425 e. The van der Waals surface area contributed by atoms with Crippen LogP contribution < -0.4 is 0 Å². The summed E-state index contributed by atoms with van der Waals surface area (Å²) in [5, 5.41) is 0. The molecule has 2 rings (SSSR count). The van der Waals surface area contributed by atoms with Crippen LogP contribution in [0.2, 0.25) is 0 Å². The van der Waals surface area contributed by atoms with E-state index in [0.29, 0.717) is 23.0 Å². The number of allylic oxidation sites excluding steroid dienone is 2. The van der Waals surface area contributed by atoms with Crippen molar-refractivity contribution in [3.63, 3.8) is 0 Å². The lowest BCUT2D eigenvalue weighted by Gasteiger charge is -2.31. The van der Waals surface area contributed by atoms with E-state index in [1.165, 1.54) is 11.8 Å². The number of hydrogen-bond donors (Lipinski definition) is 0. The Morgan fingerprint density at radius 3 is 2.29 bits per heavy atom. The van der Waals surface area contributed by atoms with Gasteiger partial charge in [-0.05, 0) is 31.1 Å². The van der Waals surface area contributed by atoms with Crippen molar-refractivity contribution in [1.29, 1.82) is 0 Å². The summed E-state index contributed by atoms with van der Waals surface area (Å²) < 4.78 is 50.7. The van der Waals surface area contributed by atoms with Gasteiger partial charge < -0.3 is 0 Å². The zero-order chi connectivity index (χ0) is 12.8. The molecule has 2 aliphatic rings. The fraction of sp³-hybridized carbons (Fsp3) is 0.600. The SMILES string of the molecule is CC1=C(C)CC2(SC1)SSC(C(F)(F)F)=C2F. The lowest BCUT2D eigenvalue weighted by Crippen LogP contribution is -2.25. The van der Waals surface area contributed by atoms with Gasteiger partial charge in [0.25, 0.3) is 0 Å². The largest absolute Gasteiger partial charge is 0.425 e. The monoisotopic (exact) mass is 302 g/mol. The van der Waals surface area contributed by atoms with Crippen LogP contribution in [0.1, 0.15) is 20.3 Å². The molecule has 96 valence electrons. The third kappa shape index (κ3) is 2.38. The van der Waals surface area contributed by atoms with Crippen LogP contribution in [0.3, 0.4) is 0 Å². The molecule has 0 fully saturated rings. The van der Waals surface area contributed by atoms with Gasteiger partial charge >= 0.3 is 6.18 Å². The first-order valence-corrected chi connectivity index (χ1v) is 8.02. The zero-order valence-corrected chi connectivity index (χ0v) is 11.6. The van der Waals surface area contributed by atoms with Gasteiger partial charge in [0.05, 0.1) is 0 Å². The fourth-order valence-electron chi connectivity index (χ4n) is 1.62. The molecule has 0 saturated carbocycles. The molecule has 0 amide bonds. The molecule has 0 aromatic heterocycles. The maximum atomic E-state index is 14.0. The minimum Gasteiger partial charge on any atom is -0.208 e. The van der Waals surface area contributed by atoms with E-state index in [1.807, 2.05) is 13.8 Å². The van der Waals surface area contributed by atoms with Crippen LogP contribution in [0, 0.1) is 0 Å². The van der Waals surface area contributed by atoms with E-state index in [2.05, 4.69) is 0 Å². The molecule has 7 heteroatoms. The second kappa shape index (κ2) is 4.42. The highest BCUT2D eigenvalue weighted by Gasteiger charge is 2.53. The third-order valence-corrected chi connectivity index (χ3v) is 7.94. The molecule has 0 aromatic rings. The number of alkyl halides is 3. The van der Waals surface area contributed by atoms with Crippen molar-refractivity contribution in [3.8, 4) is 0 Å². The molecule has 0 aromatic carbocycles. The van der Waals surface area contributed by atoms with E-state index in [-0.39, 0.29) is 0 Å². The summed E-state index contributed by atoms with van der Waals surface area (Å²) in [5.74, 6) is -0.408. The van der Waals surface area contributed by atoms with Crippen LogP contribution in [0.4, 0.5) is 17.6 Å². The highest BCUT2D eigenvalue weighted by Crippen LogP contribution is 2.66. The molecular formula is C10H10F4S3. The smallest absolute Gasteiger partial charge is 0.208 e. The summed E-state index contributed by atoms with van der Waals surface area (Å²) in [5.41, 5.74) is 2.13. The van der Waals surface area contributed by atoms with Crippen LogP contribution in [-0.4, -0.2) is 16.0 Å². The van der Waals surface area contributed by atoms with Crippen molar-refractivity contribution < 1.29 is 17.6 Å². The quantitative estimate of drug-likeness (QED) is 0.339. The molecule has 1 atom stereocenters. The summed E-state index contributed by atoms with van der Waals surface area (Å²) in [6, 6.07) is 0. The molecule has 0 saturated heterocycles. The first kappa shape index (κ1) is 13.7. The maximum absolute atomic E-state index is 14.0. The Morgan fingerprint density at radius 2 is 1.82 bits per heavy atom. The highest BCUT2D eigenvalue weighted by molar-refractivity contribution is 8.80. The summed E-state index contributed by atoms with van der Waals surface area (Å²) in [6.45, 7) is 3.80. The van der Waals surface area contributed by atoms with Crippen LogP contribution >= 0.6 is 33.3 Å². The van der Waals surface area contributed by atoms with Crippen LogP contribution in [0.25, 0.3) is 0 Å². The number of halogens is 4. The van der Waals surface area contributed by atoms with Gasteiger partial charge in [0.15, 0.2) is 0 Å². The van der Waals surface area contributed by atoms with Gasteiger partial charge in [-0.1, -0.05) is 21.9 Å². The molecule has 0 bridgehead atoms. The molecule has 1 unspecified atom stereocenters. The second-order valence-corrected chi connectivity index (χ2v) is 8.06. The van der Waals surface area contributed by atoms with Crippen LogP contribution in [-0.2, 0) is 0 Å². The molecule has 1 spiro atoms. The van der Waals surface area contributed by atoms with Gasteiger partial charge in [-0.25, -0.2) is 4.39 Å². The normalized spacial score (nSPS) is 30.7. The number of rotatable bonds is 0. The second-order valence-electron chi connectivity index (χ2n) is 4.09. The average Bonchev–Trinajstić information content (AvgIpc) is 2.51. The standard InChI is InChI=1S/C10H10F4S3/c1-5-3-9(15-4-6(5)2)7(11)8(16-17-9)10(12,13)14/h3-4H2,1-2H3. The summed E-state index contributed by atoms with van der Waals surface area (Å²) in [7, 11) is 1.51. The summed E-state index contributed by atoms with van der Waals surface area (Å²) in [6.07, 6.45) is -4.22. The Labute approximate surface area is 109 Å². The number of thioether (sulfide) groups is 1. The van der Waals surface area contributed by atoms with Gasteiger partial charge in [-0.2, -0.15) is 13.2 Å². The Bertz CT molecular complexity index is 410. The van der Waals surface area contributed by atoms with Crippen LogP contribution in [0.15, 0.2) is 21.9 Å². The first-order chi connectivity index (χ1) is 7.76. The van der Waals surface area contributed by atoms with E-state index in [1.54, 1.807) is 0 Å². The summed E-state index contributed by atoms with van der Waals surface area (Å²) >= 11 is 1.26. The van der Waals surface area contributed by atoms with Gasteiger partial charge in [-0.15, -0.1) is 11.8 Å². The predicted molar refractivity (Wildman–Crippen MR) is 67.6 cm³/mol. The molecule has 2 heterocycles. The van der Waals surface area contributed by atoms with Crippen molar-refractivity contribution in [2.45, 2.75) is 30.5 Å². The van der Waals surface area contributed by atoms with E-state index in [0.717, 1.165) is 21.9 Å². The minimum atomic E-state index is -4.57. The minimum absolute atomic E-state index is 0.354. The lowest BCUT2D eigenvalue weighted by atomic mass is 10.0. The van der Waals surface area contributed by atoms with Gasteiger partial charge in [0.1, 0.15) is 14.8 Å². The van der Waals surface area contributed by atoms with E-state index >= 15 is 0 Å². The molecular weight excluding hydrogens is 292 g/mol. The first-order valence-electron chi connectivity index (χ1n) is 4.88. The van der Waals surface area contributed by atoms with E-state index < -0.39 is 21.0 Å². The Balaban J connectivity index is 2.35. The fourth-order valence-corrected chi connectivity index (χ4v) is 6.66. The van der Waals surface area contributed by atoms with Crippen LogP contribution in [0.5, 0.6) is 0 Å². The Kier molecular flexibility index (Phi) is 3.55. The molecule has 0 radical (unpaired) electrons. The molecule has 0 N–H and O–H groups in total. The van der Waals surface area contributed by atoms with E-state index in [4.69, 9.17) is 0 Å². The van der Waals surface area contributed by atoms with Crippen molar-refractivity contribution in [3.05, 3.63) is 21.9 Å². The highest BCUT2D eigenvalue weighted by atomic mass is 33.1. The predicted octanol–water partition coefficient (Wildman–Crippen LogP) is 5.29. The molecule has 2 aliphatic heterocycles. The zero-order valence-electron chi connectivity index (χ0n) is 9.15. The van der Waals surface area contributed by atoms with Gasteiger partial charge in [0.2, 0.25) is 0 Å². The average molecular weight is 302 g/mol. The van der Waals surface area contributed by atoms with Gasteiger partial charge in [0, 0.05) is 5.75 Å². The van der Waals surface area contributed by atoms with Gasteiger partial charge in [-0.3, -0.25) is 0 Å². The third-order valence-electron chi connectivity index (χ3n) is 2.80. The molecule has 17 heavy (non-hydrogen) atoms. The Morgan fingerprint density at radius 1 is 1.18 bits per heavy atom. The molecule has 0 nitrogen and oxygen atoms in total. The number of hydrogen-bond acceptors (Lipinski definition) is 3. The Hall–Kier alpha value is 0.250.